The fraction of sp³-hybridized carbons (Fsp3) is 0.769. The fourth-order valence-corrected chi connectivity index (χ4v) is 1.58. The van der Waals surface area contributed by atoms with E-state index in [0.29, 0.717) is 13.0 Å². The number of allylic oxidation sites excluding steroid dienone is 2. The standard InChI is InChI=1S/C13H23NO2/c1-11(10-14)16-13(15)7-5-3-2-4-6-12-8-9-12/h8,11H,2-7,9-10,14H2,1H3. The van der Waals surface area contributed by atoms with Gasteiger partial charge in [0.15, 0.2) is 0 Å². The van der Waals surface area contributed by atoms with Gasteiger partial charge in [-0.1, -0.05) is 24.5 Å². The van der Waals surface area contributed by atoms with E-state index >= 15 is 0 Å². The molecule has 1 aliphatic carbocycles. The summed E-state index contributed by atoms with van der Waals surface area (Å²) in [6.07, 6.45) is 9.72. The quantitative estimate of drug-likeness (QED) is 0.373. The second kappa shape index (κ2) is 7.44. The first-order chi connectivity index (χ1) is 7.72. The van der Waals surface area contributed by atoms with Crippen LogP contribution in [0.3, 0.4) is 0 Å². The predicted molar refractivity (Wildman–Crippen MR) is 65.0 cm³/mol. The van der Waals surface area contributed by atoms with Crippen molar-refractivity contribution >= 4 is 5.97 Å². The van der Waals surface area contributed by atoms with Gasteiger partial charge in [0.1, 0.15) is 6.10 Å². The lowest BCUT2D eigenvalue weighted by molar-refractivity contribution is -0.147. The first-order valence-corrected chi connectivity index (χ1v) is 6.30. The van der Waals surface area contributed by atoms with Crippen molar-refractivity contribution in [2.45, 2.75) is 58.0 Å². The van der Waals surface area contributed by atoms with Crippen molar-refractivity contribution in [1.82, 2.24) is 0 Å². The minimum Gasteiger partial charge on any atom is -0.461 e. The number of rotatable bonds is 9. The highest BCUT2D eigenvalue weighted by Gasteiger charge is 2.08. The molecular weight excluding hydrogens is 202 g/mol. The molecule has 3 heteroatoms. The van der Waals surface area contributed by atoms with E-state index in [2.05, 4.69) is 6.08 Å². The van der Waals surface area contributed by atoms with Crippen LogP contribution in [0, 0.1) is 0 Å². The van der Waals surface area contributed by atoms with Gasteiger partial charge in [-0.05, 0) is 32.6 Å². The molecule has 0 bridgehead atoms. The molecule has 0 aliphatic heterocycles. The maximum atomic E-state index is 11.3. The van der Waals surface area contributed by atoms with Gasteiger partial charge in [-0.25, -0.2) is 0 Å². The van der Waals surface area contributed by atoms with Gasteiger partial charge in [0.25, 0.3) is 0 Å². The van der Waals surface area contributed by atoms with E-state index in [1.54, 1.807) is 5.57 Å². The first-order valence-electron chi connectivity index (χ1n) is 6.30. The zero-order valence-corrected chi connectivity index (χ0v) is 10.2. The molecule has 0 saturated heterocycles. The van der Waals surface area contributed by atoms with Crippen LogP contribution in [0.4, 0.5) is 0 Å². The van der Waals surface area contributed by atoms with Crippen LogP contribution in [-0.2, 0) is 9.53 Å². The van der Waals surface area contributed by atoms with Crippen molar-refractivity contribution < 1.29 is 9.53 Å². The molecule has 0 heterocycles. The zero-order chi connectivity index (χ0) is 11.8. The third-order valence-electron chi connectivity index (χ3n) is 2.79. The number of carbonyl (C=O) groups is 1. The van der Waals surface area contributed by atoms with Crippen LogP contribution in [0.2, 0.25) is 0 Å². The maximum Gasteiger partial charge on any atom is 0.306 e. The topological polar surface area (TPSA) is 52.3 Å². The number of nitrogens with two attached hydrogens (primary N) is 1. The van der Waals surface area contributed by atoms with Crippen molar-refractivity contribution in [3.63, 3.8) is 0 Å². The molecule has 3 nitrogen and oxygen atoms in total. The Bertz CT molecular complexity index is 248. The van der Waals surface area contributed by atoms with Crippen LogP contribution in [0.25, 0.3) is 0 Å². The van der Waals surface area contributed by atoms with Crippen molar-refractivity contribution in [2.24, 2.45) is 5.73 Å². The van der Waals surface area contributed by atoms with E-state index in [1.807, 2.05) is 6.92 Å². The Morgan fingerprint density at radius 1 is 1.44 bits per heavy atom. The molecule has 2 N–H and O–H groups in total. The highest BCUT2D eigenvalue weighted by atomic mass is 16.5. The number of hydrogen-bond acceptors (Lipinski definition) is 3. The molecule has 1 unspecified atom stereocenters. The lowest BCUT2D eigenvalue weighted by Gasteiger charge is -2.10. The van der Waals surface area contributed by atoms with Gasteiger partial charge in [-0.3, -0.25) is 4.79 Å². The molecule has 0 spiro atoms. The molecule has 0 fully saturated rings. The van der Waals surface area contributed by atoms with Crippen LogP contribution >= 0.6 is 0 Å². The SMILES string of the molecule is CC(CN)OC(=O)CCCCCCC1=CC1. The monoisotopic (exact) mass is 225 g/mol. The second-order valence-electron chi connectivity index (χ2n) is 4.52. The second-order valence-corrected chi connectivity index (χ2v) is 4.52. The van der Waals surface area contributed by atoms with Gasteiger partial charge >= 0.3 is 5.97 Å². The summed E-state index contributed by atoms with van der Waals surface area (Å²) < 4.78 is 5.08. The summed E-state index contributed by atoms with van der Waals surface area (Å²) >= 11 is 0. The molecule has 0 amide bonds. The van der Waals surface area contributed by atoms with E-state index in [4.69, 9.17) is 10.5 Å². The summed E-state index contributed by atoms with van der Waals surface area (Å²) in [5.74, 6) is -0.108. The van der Waals surface area contributed by atoms with Crippen LogP contribution in [0.1, 0.15) is 51.9 Å². The van der Waals surface area contributed by atoms with Gasteiger partial charge in [0.05, 0.1) is 0 Å². The van der Waals surface area contributed by atoms with Crippen LogP contribution < -0.4 is 5.73 Å². The number of unbranched alkanes of at least 4 members (excludes halogenated alkanes) is 3. The van der Waals surface area contributed by atoms with Gasteiger partial charge in [-0.2, -0.15) is 0 Å². The van der Waals surface area contributed by atoms with Crippen LogP contribution in [0.15, 0.2) is 11.6 Å². The van der Waals surface area contributed by atoms with E-state index in [1.165, 1.54) is 25.7 Å². The fourth-order valence-electron chi connectivity index (χ4n) is 1.58. The maximum absolute atomic E-state index is 11.3. The third kappa shape index (κ3) is 6.62. The Morgan fingerprint density at radius 2 is 2.12 bits per heavy atom. The molecule has 0 aromatic rings. The summed E-state index contributed by atoms with van der Waals surface area (Å²) in [6, 6.07) is 0. The normalized spacial score (nSPS) is 15.5. The smallest absolute Gasteiger partial charge is 0.306 e. The van der Waals surface area contributed by atoms with Crippen LogP contribution in [0.5, 0.6) is 0 Å². The van der Waals surface area contributed by atoms with E-state index in [0.717, 1.165) is 12.8 Å². The minimum absolute atomic E-state index is 0.108. The molecule has 1 atom stereocenters. The summed E-state index contributed by atoms with van der Waals surface area (Å²) in [5, 5.41) is 0. The summed E-state index contributed by atoms with van der Waals surface area (Å²) in [7, 11) is 0. The van der Waals surface area contributed by atoms with Crippen molar-refractivity contribution in [1.29, 1.82) is 0 Å². The molecule has 1 rings (SSSR count). The van der Waals surface area contributed by atoms with Gasteiger partial charge in [0, 0.05) is 13.0 Å². The molecule has 1 aliphatic rings. The van der Waals surface area contributed by atoms with E-state index < -0.39 is 0 Å². The highest BCUT2D eigenvalue weighted by Crippen LogP contribution is 2.24. The van der Waals surface area contributed by atoms with Crippen molar-refractivity contribution in [3.8, 4) is 0 Å². The minimum atomic E-state index is -0.144. The van der Waals surface area contributed by atoms with Gasteiger partial charge in [-0.15, -0.1) is 0 Å². The molecule has 0 saturated carbocycles. The van der Waals surface area contributed by atoms with Gasteiger partial charge in [0.2, 0.25) is 0 Å². The Labute approximate surface area is 98.0 Å². The predicted octanol–water partition coefficient (Wildman–Crippen LogP) is 2.55. The Kier molecular flexibility index (Phi) is 6.16. The summed E-state index contributed by atoms with van der Waals surface area (Å²) in [5.41, 5.74) is 6.97. The number of ether oxygens (including phenoxy) is 1. The van der Waals surface area contributed by atoms with Gasteiger partial charge < -0.3 is 10.5 Å². The lowest BCUT2D eigenvalue weighted by Crippen LogP contribution is -2.23. The average Bonchev–Trinajstić information content (AvgIpc) is 3.06. The first kappa shape index (κ1) is 13.2. The summed E-state index contributed by atoms with van der Waals surface area (Å²) in [4.78, 5) is 11.3. The number of esters is 1. The molecular formula is C13H23NO2. The zero-order valence-electron chi connectivity index (χ0n) is 10.2. The number of hydrogen-bond donors (Lipinski definition) is 1. The van der Waals surface area contributed by atoms with E-state index in [9.17, 15) is 4.79 Å². The molecule has 0 aromatic carbocycles. The Hall–Kier alpha value is -0.830. The molecule has 0 radical (unpaired) electrons. The van der Waals surface area contributed by atoms with Crippen molar-refractivity contribution in [2.75, 3.05) is 6.54 Å². The molecule has 92 valence electrons. The molecule has 0 aromatic heterocycles. The third-order valence-corrected chi connectivity index (χ3v) is 2.79. The van der Waals surface area contributed by atoms with Crippen molar-refractivity contribution in [3.05, 3.63) is 11.6 Å². The Morgan fingerprint density at radius 3 is 2.75 bits per heavy atom. The largest absolute Gasteiger partial charge is 0.461 e. The highest BCUT2D eigenvalue weighted by molar-refractivity contribution is 5.69. The average molecular weight is 225 g/mol. The van der Waals surface area contributed by atoms with E-state index in [-0.39, 0.29) is 12.1 Å². The lowest BCUT2D eigenvalue weighted by atomic mass is 10.1. The summed E-state index contributed by atoms with van der Waals surface area (Å²) in [6.45, 7) is 2.22. The van der Waals surface area contributed by atoms with Crippen LogP contribution in [-0.4, -0.2) is 18.6 Å². The Balaban J connectivity index is 1.85. The molecule has 16 heavy (non-hydrogen) atoms. The number of carbonyl (C=O) groups excluding carboxylic acids is 1.